The summed E-state index contributed by atoms with van der Waals surface area (Å²) in [6.07, 6.45) is 4.67. The number of piperidine rings is 2. The van der Waals surface area contributed by atoms with E-state index in [1.165, 1.54) is 25.9 Å². The van der Waals surface area contributed by atoms with Crippen LogP contribution >= 0.6 is 0 Å². The molecule has 0 aliphatic carbocycles. The van der Waals surface area contributed by atoms with Crippen LogP contribution in [0.15, 0.2) is 24.3 Å². The van der Waals surface area contributed by atoms with Crippen LogP contribution in [0.25, 0.3) is 0 Å². The summed E-state index contributed by atoms with van der Waals surface area (Å²) in [5, 5.41) is 3.20. The summed E-state index contributed by atoms with van der Waals surface area (Å²) in [5.41, 5.74) is 7.38. The lowest BCUT2D eigenvalue weighted by atomic mass is 9.98. The first-order valence-corrected chi connectivity index (χ1v) is 9.18. The third-order valence-corrected chi connectivity index (χ3v) is 5.52. The molecule has 24 heavy (non-hydrogen) atoms. The van der Waals surface area contributed by atoms with Crippen LogP contribution in [-0.2, 0) is 6.54 Å². The Labute approximate surface area is 145 Å². The number of amides is 1. The molecule has 5 nitrogen and oxygen atoms in total. The molecule has 2 aliphatic rings. The van der Waals surface area contributed by atoms with E-state index in [-0.39, 0.29) is 5.91 Å². The van der Waals surface area contributed by atoms with Crippen molar-refractivity contribution in [3.05, 3.63) is 35.4 Å². The zero-order valence-corrected chi connectivity index (χ0v) is 14.7. The van der Waals surface area contributed by atoms with Gasteiger partial charge in [-0.2, -0.15) is 0 Å². The molecule has 0 unspecified atom stereocenters. The number of carbonyl (C=O) groups is 1. The van der Waals surface area contributed by atoms with Gasteiger partial charge in [0.1, 0.15) is 0 Å². The second kappa shape index (κ2) is 8.10. The summed E-state index contributed by atoms with van der Waals surface area (Å²) in [7, 11) is 2.21. The molecule has 2 aliphatic heterocycles. The van der Waals surface area contributed by atoms with Crippen LogP contribution in [0.2, 0.25) is 0 Å². The van der Waals surface area contributed by atoms with E-state index < -0.39 is 0 Å². The molecule has 2 fully saturated rings. The first kappa shape index (κ1) is 17.4. The maximum atomic E-state index is 12.4. The lowest BCUT2D eigenvalue weighted by Gasteiger charge is -2.41. The van der Waals surface area contributed by atoms with Gasteiger partial charge in [0.25, 0.3) is 5.91 Å². The Morgan fingerprint density at radius 3 is 2.29 bits per heavy atom. The monoisotopic (exact) mass is 330 g/mol. The number of carbonyl (C=O) groups excluding carboxylic acids is 1. The van der Waals surface area contributed by atoms with Crippen molar-refractivity contribution >= 4 is 5.91 Å². The summed E-state index contributed by atoms with van der Waals surface area (Å²) in [6.45, 7) is 5.13. The maximum absolute atomic E-state index is 12.4. The highest BCUT2D eigenvalue weighted by Gasteiger charge is 2.27. The van der Waals surface area contributed by atoms with E-state index >= 15 is 0 Å². The van der Waals surface area contributed by atoms with E-state index in [2.05, 4.69) is 22.2 Å². The van der Waals surface area contributed by atoms with Gasteiger partial charge in [-0.05, 0) is 63.5 Å². The molecule has 0 saturated carbocycles. The van der Waals surface area contributed by atoms with Crippen LogP contribution in [0, 0.1) is 0 Å². The van der Waals surface area contributed by atoms with E-state index in [1.54, 1.807) is 0 Å². The van der Waals surface area contributed by atoms with E-state index in [0.29, 0.717) is 12.6 Å². The lowest BCUT2D eigenvalue weighted by molar-refractivity contribution is 0.0807. The molecule has 0 radical (unpaired) electrons. The third-order valence-electron chi connectivity index (χ3n) is 5.52. The maximum Gasteiger partial charge on any atom is 0.251 e. The SMILES string of the molecule is CN1CCC(N2CCC(NC(=O)c3ccc(CN)cc3)CC2)CC1. The molecule has 0 aromatic heterocycles. The Morgan fingerprint density at radius 1 is 1.08 bits per heavy atom. The molecule has 2 saturated heterocycles. The van der Waals surface area contributed by atoms with Gasteiger partial charge in [-0.15, -0.1) is 0 Å². The number of rotatable bonds is 4. The molecule has 3 N–H and O–H groups in total. The van der Waals surface area contributed by atoms with E-state index in [9.17, 15) is 4.79 Å². The topological polar surface area (TPSA) is 61.6 Å². The van der Waals surface area contributed by atoms with Gasteiger partial charge in [-0.25, -0.2) is 0 Å². The largest absolute Gasteiger partial charge is 0.349 e. The van der Waals surface area contributed by atoms with Crippen LogP contribution < -0.4 is 11.1 Å². The Morgan fingerprint density at radius 2 is 1.71 bits per heavy atom. The minimum atomic E-state index is 0.0383. The van der Waals surface area contributed by atoms with E-state index in [0.717, 1.165) is 43.1 Å². The fourth-order valence-corrected chi connectivity index (χ4v) is 3.83. The zero-order valence-electron chi connectivity index (χ0n) is 14.7. The molecule has 3 rings (SSSR count). The quantitative estimate of drug-likeness (QED) is 0.877. The Kier molecular flexibility index (Phi) is 5.87. The van der Waals surface area contributed by atoms with Gasteiger partial charge in [0, 0.05) is 37.3 Å². The Bertz CT molecular complexity index is 529. The van der Waals surface area contributed by atoms with Crippen molar-refractivity contribution in [2.24, 2.45) is 5.73 Å². The first-order chi connectivity index (χ1) is 11.7. The molecule has 2 heterocycles. The molecule has 132 valence electrons. The van der Waals surface area contributed by atoms with Crippen molar-refractivity contribution in [2.45, 2.75) is 44.3 Å². The van der Waals surface area contributed by atoms with Crippen LogP contribution in [-0.4, -0.2) is 61.0 Å². The summed E-state index contributed by atoms with van der Waals surface area (Å²) in [4.78, 5) is 17.4. The van der Waals surface area contributed by atoms with Crippen molar-refractivity contribution in [3.63, 3.8) is 0 Å². The first-order valence-electron chi connectivity index (χ1n) is 9.18. The molecule has 1 amide bonds. The minimum absolute atomic E-state index is 0.0383. The number of benzene rings is 1. The van der Waals surface area contributed by atoms with Crippen molar-refractivity contribution in [2.75, 3.05) is 33.2 Å². The fraction of sp³-hybridized carbons (Fsp3) is 0.632. The normalized spacial score (nSPS) is 21.8. The number of nitrogens with two attached hydrogens (primary N) is 1. The average Bonchev–Trinajstić information content (AvgIpc) is 2.63. The lowest BCUT2D eigenvalue weighted by Crippen LogP contribution is -2.50. The molecule has 1 aromatic rings. The standard InChI is InChI=1S/C19H30N4O/c1-22-10-8-18(9-11-22)23-12-6-17(7-13-23)21-19(24)16-4-2-15(14-20)3-5-16/h2-5,17-18H,6-14,20H2,1H3,(H,21,24). The van der Waals surface area contributed by atoms with Gasteiger partial charge < -0.3 is 20.9 Å². The van der Waals surface area contributed by atoms with E-state index in [4.69, 9.17) is 5.73 Å². The number of hydrogen-bond acceptors (Lipinski definition) is 4. The molecule has 0 bridgehead atoms. The molecule has 1 aromatic carbocycles. The van der Waals surface area contributed by atoms with Gasteiger partial charge in [-0.3, -0.25) is 4.79 Å². The second-order valence-corrected chi connectivity index (χ2v) is 7.22. The van der Waals surface area contributed by atoms with Gasteiger partial charge >= 0.3 is 0 Å². The van der Waals surface area contributed by atoms with Crippen LogP contribution in [0.3, 0.4) is 0 Å². The highest BCUT2D eigenvalue weighted by molar-refractivity contribution is 5.94. The zero-order chi connectivity index (χ0) is 16.9. The Balaban J connectivity index is 1.45. The second-order valence-electron chi connectivity index (χ2n) is 7.22. The van der Waals surface area contributed by atoms with Gasteiger partial charge in [0.15, 0.2) is 0 Å². The fourth-order valence-electron chi connectivity index (χ4n) is 3.83. The molecule has 0 spiro atoms. The Hall–Kier alpha value is -1.43. The number of nitrogens with one attached hydrogen (secondary N) is 1. The average molecular weight is 330 g/mol. The van der Waals surface area contributed by atoms with E-state index in [1.807, 2.05) is 24.3 Å². The summed E-state index contributed by atoms with van der Waals surface area (Å²) >= 11 is 0. The molecular weight excluding hydrogens is 300 g/mol. The highest BCUT2D eigenvalue weighted by Crippen LogP contribution is 2.20. The van der Waals surface area contributed by atoms with Crippen LogP contribution in [0.5, 0.6) is 0 Å². The summed E-state index contributed by atoms with van der Waals surface area (Å²) < 4.78 is 0. The number of hydrogen-bond donors (Lipinski definition) is 2. The molecule has 5 heteroatoms. The van der Waals surface area contributed by atoms with Gasteiger partial charge in [0.05, 0.1) is 0 Å². The van der Waals surface area contributed by atoms with Crippen LogP contribution in [0.1, 0.15) is 41.6 Å². The highest BCUT2D eigenvalue weighted by atomic mass is 16.1. The van der Waals surface area contributed by atoms with Crippen molar-refractivity contribution in [3.8, 4) is 0 Å². The van der Waals surface area contributed by atoms with Crippen LogP contribution in [0.4, 0.5) is 0 Å². The van der Waals surface area contributed by atoms with Gasteiger partial charge in [-0.1, -0.05) is 12.1 Å². The third kappa shape index (κ3) is 4.35. The minimum Gasteiger partial charge on any atom is -0.349 e. The van der Waals surface area contributed by atoms with Crippen molar-refractivity contribution in [1.82, 2.24) is 15.1 Å². The molecule has 0 atom stereocenters. The number of likely N-dealkylation sites (tertiary alicyclic amines) is 2. The predicted octanol–water partition coefficient (Wildman–Crippen LogP) is 1.43. The van der Waals surface area contributed by atoms with Crippen molar-refractivity contribution in [1.29, 1.82) is 0 Å². The summed E-state index contributed by atoms with van der Waals surface area (Å²) in [6, 6.07) is 8.63. The predicted molar refractivity (Wildman–Crippen MR) is 96.9 cm³/mol. The summed E-state index contributed by atoms with van der Waals surface area (Å²) in [5.74, 6) is 0.0383. The number of nitrogens with zero attached hydrogens (tertiary/aromatic N) is 2. The van der Waals surface area contributed by atoms with Gasteiger partial charge in [0.2, 0.25) is 0 Å². The van der Waals surface area contributed by atoms with Crippen molar-refractivity contribution < 1.29 is 4.79 Å². The molecular formula is C19H30N4O. The smallest absolute Gasteiger partial charge is 0.251 e.